The third kappa shape index (κ3) is 2.65. The Morgan fingerprint density at radius 2 is 1.92 bits per heavy atom. The van der Waals surface area contributed by atoms with E-state index < -0.39 is 12.2 Å². The summed E-state index contributed by atoms with van der Waals surface area (Å²) in [6.07, 6.45) is 3.62. The van der Waals surface area contributed by atoms with E-state index in [0.29, 0.717) is 28.0 Å². The third-order valence-corrected chi connectivity index (χ3v) is 3.54. The first kappa shape index (κ1) is 14.5. The number of pyridine rings is 1. The summed E-state index contributed by atoms with van der Waals surface area (Å²) in [6, 6.07) is 10.5. The number of aromatic nitrogens is 3. The van der Waals surface area contributed by atoms with Crippen molar-refractivity contribution < 1.29 is 14.3 Å². The predicted molar refractivity (Wildman–Crippen MR) is 86.5 cm³/mol. The molecule has 3 heterocycles. The molecule has 1 N–H and O–H groups in total. The van der Waals surface area contributed by atoms with Gasteiger partial charge in [0.25, 0.3) is 0 Å². The Labute approximate surface area is 141 Å². The van der Waals surface area contributed by atoms with Crippen LogP contribution in [0.3, 0.4) is 0 Å². The molecule has 24 heavy (non-hydrogen) atoms. The second kappa shape index (κ2) is 5.86. The normalized spacial score (nSPS) is 13.0. The van der Waals surface area contributed by atoms with Gasteiger partial charge in [0.15, 0.2) is 17.3 Å². The molecule has 0 aliphatic carbocycles. The maximum absolute atomic E-state index is 12.4. The Bertz CT molecular complexity index is 887. The molecule has 0 saturated carbocycles. The second-order valence-electron chi connectivity index (χ2n) is 4.98. The van der Waals surface area contributed by atoms with Gasteiger partial charge in [-0.2, -0.15) is 5.10 Å². The summed E-state index contributed by atoms with van der Waals surface area (Å²) in [6.45, 7) is 0. The number of carbonyl (C=O) groups is 1. The minimum atomic E-state index is -1.06. The van der Waals surface area contributed by atoms with Crippen molar-refractivity contribution in [2.75, 3.05) is 5.32 Å². The Kier molecular flexibility index (Phi) is 3.55. The van der Waals surface area contributed by atoms with Crippen molar-refractivity contribution >= 4 is 23.2 Å². The van der Waals surface area contributed by atoms with Crippen molar-refractivity contribution in [3.05, 3.63) is 60.0 Å². The zero-order chi connectivity index (χ0) is 16.5. The number of ether oxygens (including phenoxy) is 2. The van der Waals surface area contributed by atoms with Crippen LogP contribution in [0.25, 0.3) is 5.82 Å². The fourth-order valence-corrected chi connectivity index (χ4v) is 2.43. The maximum Gasteiger partial charge on any atom is 0.322 e. The first-order valence-electron chi connectivity index (χ1n) is 7.09. The minimum Gasteiger partial charge on any atom is -0.442 e. The summed E-state index contributed by atoms with van der Waals surface area (Å²) >= 11 is 5.89. The van der Waals surface area contributed by atoms with Gasteiger partial charge in [0.05, 0.1) is 23.1 Å². The van der Waals surface area contributed by atoms with Crippen LogP contribution in [-0.2, 0) is 4.79 Å². The largest absolute Gasteiger partial charge is 0.442 e. The molecule has 1 aromatic carbocycles. The Morgan fingerprint density at radius 1 is 1.17 bits per heavy atom. The molecule has 0 unspecified atom stereocenters. The summed E-state index contributed by atoms with van der Waals surface area (Å²) in [4.78, 5) is 16.7. The van der Waals surface area contributed by atoms with Gasteiger partial charge in [0, 0.05) is 6.20 Å². The number of halogens is 1. The van der Waals surface area contributed by atoms with Crippen molar-refractivity contribution in [3.63, 3.8) is 0 Å². The van der Waals surface area contributed by atoms with Gasteiger partial charge < -0.3 is 14.8 Å². The number of para-hydroxylation sites is 2. The lowest BCUT2D eigenvalue weighted by molar-refractivity contribution is -0.131. The highest BCUT2D eigenvalue weighted by Gasteiger charge is 2.31. The highest BCUT2D eigenvalue weighted by molar-refractivity contribution is 6.30. The highest BCUT2D eigenvalue weighted by atomic mass is 35.5. The number of anilines is 1. The van der Waals surface area contributed by atoms with Crippen LogP contribution in [0.4, 0.5) is 5.69 Å². The third-order valence-electron chi connectivity index (χ3n) is 3.34. The van der Waals surface area contributed by atoms with Gasteiger partial charge in [0.2, 0.25) is 0 Å². The lowest BCUT2D eigenvalue weighted by Crippen LogP contribution is -2.34. The number of fused-ring (bicyclic) bond motifs is 1. The van der Waals surface area contributed by atoms with E-state index in [9.17, 15) is 4.79 Å². The molecule has 1 aliphatic heterocycles. The molecule has 7 nitrogen and oxygen atoms in total. The Morgan fingerprint density at radius 3 is 2.58 bits per heavy atom. The molecule has 0 bridgehead atoms. The van der Waals surface area contributed by atoms with E-state index in [0.717, 1.165) is 0 Å². The second-order valence-corrected chi connectivity index (χ2v) is 5.42. The molecule has 4 rings (SSSR count). The van der Waals surface area contributed by atoms with Crippen molar-refractivity contribution in [3.8, 4) is 17.3 Å². The van der Waals surface area contributed by atoms with Gasteiger partial charge >= 0.3 is 12.2 Å². The first-order valence-corrected chi connectivity index (χ1v) is 7.47. The number of carbonyl (C=O) groups excluding carboxylic acids is 1. The summed E-state index contributed by atoms with van der Waals surface area (Å²) in [5.74, 6) is 1.05. The van der Waals surface area contributed by atoms with Crippen molar-refractivity contribution in [2.24, 2.45) is 0 Å². The quantitative estimate of drug-likeness (QED) is 0.791. The summed E-state index contributed by atoms with van der Waals surface area (Å²) in [5.41, 5.74) is 0.463. The Hall–Kier alpha value is -3.06. The van der Waals surface area contributed by atoms with Crippen LogP contribution in [0.2, 0.25) is 5.02 Å². The molecule has 0 radical (unpaired) electrons. The van der Waals surface area contributed by atoms with Crippen LogP contribution >= 0.6 is 11.6 Å². The van der Waals surface area contributed by atoms with Gasteiger partial charge in [0.1, 0.15) is 0 Å². The van der Waals surface area contributed by atoms with E-state index in [1.807, 2.05) is 12.1 Å². The van der Waals surface area contributed by atoms with Crippen LogP contribution in [0, 0.1) is 0 Å². The number of nitrogens with zero attached hydrogens (tertiary/aromatic N) is 3. The van der Waals surface area contributed by atoms with Crippen LogP contribution < -0.4 is 14.8 Å². The van der Waals surface area contributed by atoms with E-state index in [1.165, 1.54) is 10.9 Å². The zero-order valence-electron chi connectivity index (χ0n) is 12.2. The van der Waals surface area contributed by atoms with Crippen LogP contribution in [0.5, 0.6) is 11.5 Å². The fourth-order valence-electron chi connectivity index (χ4n) is 2.29. The van der Waals surface area contributed by atoms with Gasteiger partial charge in [-0.05, 0) is 24.3 Å². The maximum atomic E-state index is 12.4. The highest BCUT2D eigenvalue weighted by Crippen LogP contribution is 2.34. The lowest BCUT2D eigenvalue weighted by atomic mass is 10.3. The van der Waals surface area contributed by atoms with Crippen molar-refractivity contribution in [2.45, 2.75) is 6.29 Å². The van der Waals surface area contributed by atoms with E-state index in [1.54, 1.807) is 36.7 Å². The van der Waals surface area contributed by atoms with Crippen LogP contribution in [-0.4, -0.2) is 27.0 Å². The van der Waals surface area contributed by atoms with Gasteiger partial charge in [-0.25, -0.2) is 9.67 Å². The molecule has 8 heteroatoms. The van der Waals surface area contributed by atoms with Gasteiger partial charge in [-0.15, -0.1) is 0 Å². The van der Waals surface area contributed by atoms with Crippen LogP contribution in [0.1, 0.15) is 0 Å². The number of hydrogen-bond donors (Lipinski definition) is 1. The molecule has 1 amide bonds. The summed E-state index contributed by atoms with van der Waals surface area (Å²) in [7, 11) is 0. The zero-order valence-corrected chi connectivity index (χ0v) is 13.0. The minimum absolute atomic E-state index is 0.438. The molecule has 3 aromatic rings. The molecule has 0 atom stereocenters. The average Bonchev–Trinajstić information content (AvgIpc) is 3.21. The lowest BCUT2D eigenvalue weighted by Gasteiger charge is -2.13. The number of nitrogens with one attached hydrogen (secondary N) is 1. The molecule has 0 spiro atoms. The molecule has 1 aliphatic rings. The predicted octanol–water partition coefficient (Wildman–Crippen LogP) is 2.66. The van der Waals surface area contributed by atoms with Gasteiger partial charge in [-0.3, -0.25) is 4.79 Å². The topological polar surface area (TPSA) is 78.3 Å². The number of rotatable bonds is 3. The van der Waals surface area contributed by atoms with E-state index in [-0.39, 0.29) is 0 Å². The van der Waals surface area contributed by atoms with Crippen molar-refractivity contribution in [1.82, 2.24) is 14.8 Å². The average molecular weight is 343 g/mol. The van der Waals surface area contributed by atoms with Gasteiger partial charge in [-0.1, -0.05) is 23.7 Å². The SMILES string of the molecule is O=C(Nc1cccnc1-n1cc(Cl)cn1)C1Oc2ccccc2O1. The van der Waals surface area contributed by atoms with Crippen molar-refractivity contribution in [1.29, 1.82) is 0 Å². The first-order chi connectivity index (χ1) is 11.7. The van der Waals surface area contributed by atoms with E-state index >= 15 is 0 Å². The molecular formula is C16H11ClN4O3. The summed E-state index contributed by atoms with van der Waals surface area (Å²) in [5, 5.41) is 7.30. The van der Waals surface area contributed by atoms with Crippen LogP contribution in [0.15, 0.2) is 55.0 Å². The monoisotopic (exact) mass is 342 g/mol. The van der Waals surface area contributed by atoms with E-state index in [4.69, 9.17) is 21.1 Å². The summed E-state index contributed by atoms with van der Waals surface area (Å²) < 4.78 is 12.5. The fraction of sp³-hybridized carbons (Fsp3) is 0.0625. The number of benzene rings is 1. The standard InChI is InChI=1S/C16H11ClN4O3/c17-10-8-19-21(9-10)14-11(4-3-7-18-14)20-15(22)16-23-12-5-1-2-6-13(12)24-16/h1-9,16H,(H,20,22). The molecular weight excluding hydrogens is 332 g/mol. The van der Waals surface area contributed by atoms with E-state index in [2.05, 4.69) is 15.4 Å². The molecule has 0 saturated heterocycles. The molecule has 120 valence electrons. The molecule has 0 fully saturated rings. The molecule has 2 aromatic heterocycles. The number of amides is 1. The Balaban J connectivity index is 1.55. The number of hydrogen-bond acceptors (Lipinski definition) is 5. The smallest absolute Gasteiger partial charge is 0.322 e.